The van der Waals surface area contributed by atoms with Crippen LogP contribution in [0.4, 0.5) is 18.9 Å². The molecule has 4 aromatic rings. The molecule has 9 heteroatoms. The van der Waals surface area contributed by atoms with E-state index in [1.165, 1.54) is 24.3 Å². The second-order valence-electron chi connectivity index (χ2n) is 8.66. The van der Waals surface area contributed by atoms with Gasteiger partial charge in [0.25, 0.3) is 11.7 Å². The molecule has 0 bridgehead atoms. The van der Waals surface area contributed by atoms with Gasteiger partial charge in [0.05, 0.1) is 5.39 Å². The van der Waals surface area contributed by atoms with Gasteiger partial charge in [-0.05, 0) is 55.2 Å². The molecule has 0 unspecified atom stereocenters. The van der Waals surface area contributed by atoms with Gasteiger partial charge >= 0.3 is 6.18 Å². The second kappa shape index (κ2) is 11.0. The number of rotatable bonds is 8. The molecular formula is C29H26F3NO5. The van der Waals surface area contributed by atoms with Crippen molar-refractivity contribution in [1.82, 2.24) is 0 Å². The third kappa shape index (κ3) is 5.82. The average molecular weight is 526 g/mol. The molecule has 3 aromatic carbocycles. The Balaban J connectivity index is 1.59. The van der Waals surface area contributed by atoms with E-state index in [-0.39, 0.29) is 22.5 Å². The first-order valence-corrected chi connectivity index (χ1v) is 12.1. The number of carbonyl (C=O) groups is 1. The molecule has 1 aromatic heterocycles. The van der Waals surface area contributed by atoms with Gasteiger partial charge in [-0.15, -0.1) is 0 Å². The third-order valence-electron chi connectivity index (χ3n) is 5.95. The van der Waals surface area contributed by atoms with Gasteiger partial charge in [0.2, 0.25) is 11.2 Å². The number of amides is 1. The number of benzene rings is 3. The van der Waals surface area contributed by atoms with Crippen LogP contribution in [0.3, 0.4) is 0 Å². The van der Waals surface area contributed by atoms with E-state index in [4.69, 9.17) is 13.9 Å². The molecule has 0 radical (unpaired) electrons. The minimum atomic E-state index is -4.99. The van der Waals surface area contributed by atoms with Crippen LogP contribution < -0.4 is 20.2 Å². The van der Waals surface area contributed by atoms with Crippen LogP contribution >= 0.6 is 0 Å². The van der Waals surface area contributed by atoms with Crippen LogP contribution in [0.15, 0.2) is 69.9 Å². The molecule has 0 saturated heterocycles. The minimum Gasteiger partial charge on any atom is -0.484 e. The molecule has 0 saturated carbocycles. The smallest absolute Gasteiger partial charge is 0.453 e. The number of aryl methyl sites for hydroxylation is 3. The molecule has 198 valence electrons. The molecular weight excluding hydrogens is 499 g/mol. The Kier molecular flexibility index (Phi) is 7.75. The predicted octanol–water partition coefficient (Wildman–Crippen LogP) is 7.05. The second-order valence-corrected chi connectivity index (χ2v) is 8.66. The topological polar surface area (TPSA) is 77.8 Å². The third-order valence-corrected chi connectivity index (χ3v) is 5.95. The molecule has 0 aliphatic heterocycles. The Bertz CT molecular complexity index is 1500. The summed E-state index contributed by atoms with van der Waals surface area (Å²) < 4.78 is 57.4. The fourth-order valence-electron chi connectivity index (χ4n) is 3.98. The van der Waals surface area contributed by atoms with Crippen molar-refractivity contribution in [2.75, 3.05) is 11.9 Å². The first kappa shape index (κ1) is 26.8. The van der Waals surface area contributed by atoms with Crippen LogP contribution in [0.1, 0.15) is 36.3 Å². The highest BCUT2D eigenvalue weighted by molar-refractivity contribution is 5.93. The van der Waals surface area contributed by atoms with Crippen molar-refractivity contribution >= 4 is 22.6 Å². The lowest BCUT2D eigenvalue weighted by atomic mass is 10.0. The molecule has 0 atom stereocenters. The SMILES string of the molecule is CCc1cccc(CC)c1NC(=O)COc1ccc2c(=O)c(Oc3ccc(C)cc3)c(C(F)(F)F)oc2c1. The maximum absolute atomic E-state index is 13.8. The zero-order valence-corrected chi connectivity index (χ0v) is 21.1. The van der Waals surface area contributed by atoms with Crippen LogP contribution in [0.5, 0.6) is 17.2 Å². The fraction of sp³-hybridized carbons (Fsp3) is 0.241. The number of halogens is 3. The van der Waals surface area contributed by atoms with E-state index in [2.05, 4.69) is 5.32 Å². The molecule has 4 rings (SSSR count). The Morgan fingerprint density at radius 3 is 2.18 bits per heavy atom. The average Bonchev–Trinajstić information content (AvgIpc) is 2.89. The molecule has 6 nitrogen and oxygen atoms in total. The van der Waals surface area contributed by atoms with Gasteiger partial charge in [-0.3, -0.25) is 9.59 Å². The number of carbonyl (C=O) groups excluding carboxylic acids is 1. The van der Waals surface area contributed by atoms with Gasteiger partial charge in [0.15, 0.2) is 6.61 Å². The number of hydrogen-bond donors (Lipinski definition) is 1. The normalized spacial score (nSPS) is 11.4. The highest BCUT2D eigenvalue weighted by Gasteiger charge is 2.40. The van der Waals surface area contributed by atoms with Crippen LogP contribution in [0.2, 0.25) is 0 Å². The summed E-state index contributed by atoms with van der Waals surface area (Å²) in [4.78, 5) is 25.6. The van der Waals surface area contributed by atoms with Crippen LogP contribution in [0.25, 0.3) is 11.0 Å². The summed E-state index contributed by atoms with van der Waals surface area (Å²) in [5, 5.41) is 2.73. The number of para-hydroxylation sites is 1. The summed E-state index contributed by atoms with van der Waals surface area (Å²) >= 11 is 0. The van der Waals surface area contributed by atoms with Gasteiger partial charge in [-0.25, -0.2) is 0 Å². The Morgan fingerprint density at radius 2 is 1.58 bits per heavy atom. The van der Waals surface area contributed by atoms with Crippen molar-refractivity contribution in [3.05, 3.63) is 93.3 Å². The molecule has 0 fully saturated rings. The summed E-state index contributed by atoms with van der Waals surface area (Å²) in [6, 6.07) is 15.8. The fourth-order valence-corrected chi connectivity index (χ4v) is 3.98. The Labute approximate surface area is 217 Å². The molecule has 0 aliphatic rings. The van der Waals surface area contributed by atoms with Crippen molar-refractivity contribution in [2.24, 2.45) is 0 Å². The summed E-state index contributed by atoms with van der Waals surface area (Å²) in [5.74, 6) is -2.82. The summed E-state index contributed by atoms with van der Waals surface area (Å²) in [6.07, 6.45) is -3.54. The first-order valence-electron chi connectivity index (χ1n) is 12.1. The highest BCUT2D eigenvalue weighted by atomic mass is 19.4. The lowest BCUT2D eigenvalue weighted by Crippen LogP contribution is -2.22. The van der Waals surface area contributed by atoms with E-state index in [1.807, 2.05) is 39.0 Å². The number of ether oxygens (including phenoxy) is 2. The van der Waals surface area contributed by atoms with Gasteiger partial charge in [-0.1, -0.05) is 49.7 Å². The van der Waals surface area contributed by atoms with Gasteiger partial charge in [-0.2, -0.15) is 13.2 Å². The first-order chi connectivity index (χ1) is 18.1. The zero-order chi connectivity index (χ0) is 27.4. The summed E-state index contributed by atoms with van der Waals surface area (Å²) in [5.41, 5.74) is 2.24. The van der Waals surface area contributed by atoms with Crippen molar-refractivity contribution in [1.29, 1.82) is 0 Å². The number of anilines is 1. The summed E-state index contributed by atoms with van der Waals surface area (Å²) in [7, 11) is 0. The molecule has 1 N–H and O–H groups in total. The van der Waals surface area contributed by atoms with E-state index >= 15 is 0 Å². The van der Waals surface area contributed by atoms with E-state index in [1.54, 1.807) is 12.1 Å². The summed E-state index contributed by atoms with van der Waals surface area (Å²) in [6.45, 7) is 5.38. The quantitative estimate of drug-likeness (QED) is 0.267. The Morgan fingerprint density at radius 1 is 0.947 bits per heavy atom. The predicted molar refractivity (Wildman–Crippen MR) is 138 cm³/mol. The van der Waals surface area contributed by atoms with Crippen LogP contribution in [-0.4, -0.2) is 12.5 Å². The Hall–Kier alpha value is -4.27. The number of alkyl halides is 3. The molecule has 1 amide bonds. The largest absolute Gasteiger partial charge is 0.484 e. The van der Waals surface area contributed by atoms with Crippen molar-refractivity contribution in [3.8, 4) is 17.2 Å². The molecule has 38 heavy (non-hydrogen) atoms. The van der Waals surface area contributed by atoms with Crippen molar-refractivity contribution in [3.63, 3.8) is 0 Å². The molecule has 1 heterocycles. The highest BCUT2D eigenvalue weighted by Crippen LogP contribution is 2.38. The lowest BCUT2D eigenvalue weighted by Gasteiger charge is -2.15. The van der Waals surface area contributed by atoms with Gasteiger partial charge < -0.3 is 19.2 Å². The van der Waals surface area contributed by atoms with Gasteiger partial charge in [0, 0.05) is 11.8 Å². The lowest BCUT2D eigenvalue weighted by molar-refractivity contribution is -0.154. The maximum atomic E-state index is 13.8. The monoisotopic (exact) mass is 525 g/mol. The molecule has 0 spiro atoms. The van der Waals surface area contributed by atoms with Gasteiger partial charge in [0.1, 0.15) is 17.1 Å². The van der Waals surface area contributed by atoms with Crippen molar-refractivity contribution < 1.29 is 31.9 Å². The molecule has 0 aliphatic carbocycles. The number of nitrogens with one attached hydrogen (secondary N) is 1. The van der Waals surface area contributed by atoms with Crippen molar-refractivity contribution in [2.45, 2.75) is 39.8 Å². The number of fused-ring (bicyclic) bond motifs is 1. The van der Waals surface area contributed by atoms with E-state index in [0.29, 0.717) is 0 Å². The standard InChI is InChI=1S/C29H26F3NO5/c1-4-18-7-6-8-19(5-2)25(18)33-24(34)16-36-21-13-14-22-23(15-21)38-28(29(30,31)32)27(26(22)35)37-20-11-9-17(3)10-12-20/h6-15H,4-5,16H2,1-3H3,(H,33,34). The number of hydrogen-bond acceptors (Lipinski definition) is 5. The van der Waals surface area contributed by atoms with Crippen LogP contribution in [-0.2, 0) is 23.8 Å². The minimum absolute atomic E-state index is 0.0644. The van der Waals surface area contributed by atoms with E-state index in [9.17, 15) is 22.8 Å². The van der Waals surface area contributed by atoms with Crippen LogP contribution in [0, 0.1) is 6.92 Å². The van der Waals surface area contributed by atoms with E-state index < -0.39 is 35.6 Å². The van der Waals surface area contributed by atoms with E-state index in [0.717, 1.165) is 41.3 Å². The zero-order valence-electron chi connectivity index (χ0n) is 21.1. The maximum Gasteiger partial charge on any atom is 0.453 e.